The van der Waals surface area contributed by atoms with Gasteiger partial charge in [-0.2, -0.15) is 0 Å². The molecule has 0 bridgehead atoms. The van der Waals surface area contributed by atoms with Crippen molar-refractivity contribution in [1.82, 2.24) is 14.8 Å². The van der Waals surface area contributed by atoms with Crippen LogP contribution in [0, 0.1) is 5.41 Å². The molecule has 1 N–H and O–H groups in total. The molecule has 1 spiro atoms. The highest BCUT2D eigenvalue weighted by Gasteiger charge is 2.40. The minimum absolute atomic E-state index is 0.120. The summed E-state index contributed by atoms with van der Waals surface area (Å²) in [7, 11) is 0. The number of nitrogens with zero attached hydrogens (tertiary/aromatic N) is 2. The molecule has 0 unspecified atom stereocenters. The van der Waals surface area contributed by atoms with Crippen LogP contribution in [-0.4, -0.2) is 59.3 Å². The molecule has 4 rings (SSSR count). The Morgan fingerprint density at radius 3 is 2.53 bits per heavy atom. The lowest BCUT2D eigenvalue weighted by Crippen LogP contribution is -2.49. The highest BCUT2D eigenvalue weighted by molar-refractivity contribution is 6.01. The van der Waals surface area contributed by atoms with Gasteiger partial charge in [-0.25, -0.2) is 9.59 Å². The summed E-state index contributed by atoms with van der Waals surface area (Å²) < 4.78 is 12.7. The topological polar surface area (TPSA) is 89.9 Å². The Bertz CT molecular complexity index is 1060. The van der Waals surface area contributed by atoms with E-state index in [2.05, 4.69) is 5.32 Å². The number of nitrogens with one attached hydrogen (secondary N) is 1. The van der Waals surface area contributed by atoms with Gasteiger partial charge in [0, 0.05) is 42.5 Å². The molecule has 2 aliphatic heterocycles. The maximum atomic E-state index is 12.8. The third kappa shape index (κ3) is 4.31. The number of likely N-dealkylation sites (tertiary alicyclic amines) is 1. The van der Waals surface area contributed by atoms with Crippen LogP contribution in [0.25, 0.3) is 10.9 Å². The third-order valence-corrected chi connectivity index (χ3v) is 6.24. The van der Waals surface area contributed by atoms with Crippen molar-refractivity contribution in [2.75, 3.05) is 26.2 Å². The molecule has 1 saturated heterocycles. The molecular formula is C24H31N3O5. The normalized spacial score (nSPS) is 18.1. The summed E-state index contributed by atoms with van der Waals surface area (Å²) in [5.74, 6) is -0.492. The first-order valence-electron chi connectivity index (χ1n) is 11.2. The van der Waals surface area contributed by atoms with Crippen molar-refractivity contribution in [3.8, 4) is 0 Å². The van der Waals surface area contributed by atoms with Gasteiger partial charge in [0.1, 0.15) is 11.3 Å². The highest BCUT2D eigenvalue weighted by Crippen LogP contribution is 2.37. The number of carbonyl (C=O) groups is 3. The predicted octanol–water partition coefficient (Wildman–Crippen LogP) is 3.58. The van der Waals surface area contributed by atoms with E-state index < -0.39 is 5.60 Å². The first-order valence-corrected chi connectivity index (χ1v) is 11.2. The van der Waals surface area contributed by atoms with E-state index in [0.717, 1.165) is 23.7 Å². The maximum Gasteiger partial charge on any atom is 0.410 e. The van der Waals surface area contributed by atoms with Crippen LogP contribution in [0.4, 0.5) is 4.79 Å². The average Bonchev–Trinajstić information content (AvgIpc) is 3.03. The molecule has 0 atom stereocenters. The van der Waals surface area contributed by atoms with Gasteiger partial charge in [-0.1, -0.05) is 6.07 Å². The molecular weight excluding hydrogens is 410 g/mol. The minimum Gasteiger partial charge on any atom is -0.462 e. The Morgan fingerprint density at radius 2 is 1.88 bits per heavy atom. The monoisotopic (exact) mass is 441 g/mol. The number of hydrogen-bond donors (Lipinski definition) is 1. The quantitative estimate of drug-likeness (QED) is 0.720. The van der Waals surface area contributed by atoms with E-state index in [1.165, 1.54) is 0 Å². The number of aromatic nitrogens is 1. The van der Waals surface area contributed by atoms with Crippen LogP contribution in [0.5, 0.6) is 0 Å². The summed E-state index contributed by atoms with van der Waals surface area (Å²) >= 11 is 0. The molecule has 1 aromatic carbocycles. The van der Waals surface area contributed by atoms with Gasteiger partial charge in [-0.15, -0.1) is 0 Å². The van der Waals surface area contributed by atoms with Gasteiger partial charge in [-0.05, 0) is 58.7 Å². The zero-order chi connectivity index (χ0) is 23.1. The number of ether oxygens (including phenoxy) is 2. The number of benzene rings is 1. The van der Waals surface area contributed by atoms with E-state index in [0.29, 0.717) is 44.0 Å². The SMILES string of the molecule is CCOC(=O)c1ccc2cc3n(c2c1)CC1(CCN(C(=O)OC(C)(C)C)CC1)CNC3=O. The third-order valence-electron chi connectivity index (χ3n) is 6.24. The number of esters is 1. The fourth-order valence-electron chi connectivity index (χ4n) is 4.53. The van der Waals surface area contributed by atoms with Crippen molar-refractivity contribution in [3.63, 3.8) is 0 Å². The Labute approximate surface area is 187 Å². The summed E-state index contributed by atoms with van der Waals surface area (Å²) in [6, 6.07) is 7.26. The number of rotatable bonds is 2. The van der Waals surface area contributed by atoms with Crippen molar-refractivity contribution >= 4 is 28.9 Å². The van der Waals surface area contributed by atoms with Gasteiger partial charge in [0.15, 0.2) is 0 Å². The number of amides is 2. The highest BCUT2D eigenvalue weighted by atomic mass is 16.6. The second kappa shape index (κ2) is 8.15. The lowest BCUT2D eigenvalue weighted by Gasteiger charge is -2.41. The minimum atomic E-state index is -0.530. The number of piperidine rings is 1. The summed E-state index contributed by atoms with van der Waals surface area (Å²) in [6.07, 6.45) is 1.21. The zero-order valence-corrected chi connectivity index (χ0v) is 19.2. The van der Waals surface area contributed by atoms with Gasteiger partial charge in [0.05, 0.1) is 12.2 Å². The lowest BCUT2D eigenvalue weighted by molar-refractivity contribution is 0.00837. The van der Waals surface area contributed by atoms with E-state index in [1.807, 2.05) is 37.5 Å². The molecule has 8 heteroatoms. The van der Waals surface area contributed by atoms with E-state index in [-0.39, 0.29) is 23.4 Å². The van der Waals surface area contributed by atoms with Gasteiger partial charge in [0.25, 0.3) is 5.91 Å². The van der Waals surface area contributed by atoms with Crippen LogP contribution in [-0.2, 0) is 16.0 Å². The summed E-state index contributed by atoms with van der Waals surface area (Å²) in [5, 5.41) is 3.98. The molecule has 172 valence electrons. The molecule has 32 heavy (non-hydrogen) atoms. The van der Waals surface area contributed by atoms with E-state index in [1.54, 1.807) is 24.0 Å². The molecule has 0 saturated carbocycles. The van der Waals surface area contributed by atoms with Crippen LogP contribution >= 0.6 is 0 Å². The van der Waals surface area contributed by atoms with E-state index >= 15 is 0 Å². The fourth-order valence-corrected chi connectivity index (χ4v) is 4.53. The molecule has 1 aromatic heterocycles. The van der Waals surface area contributed by atoms with Crippen LogP contribution < -0.4 is 5.32 Å². The Hall–Kier alpha value is -3.03. The zero-order valence-electron chi connectivity index (χ0n) is 19.2. The van der Waals surface area contributed by atoms with Gasteiger partial charge in [-0.3, -0.25) is 4.79 Å². The number of carbonyl (C=O) groups excluding carboxylic acids is 3. The van der Waals surface area contributed by atoms with Gasteiger partial charge in [0.2, 0.25) is 0 Å². The number of hydrogen-bond acceptors (Lipinski definition) is 5. The average molecular weight is 442 g/mol. The van der Waals surface area contributed by atoms with Crippen molar-refractivity contribution in [2.24, 2.45) is 5.41 Å². The Balaban J connectivity index is 1.60. The second-order valence-electron chi connectivity index (χ2n) is 9.76. The molecule has 1 fully saturated rings. The molecule has 0 aliphatic carbocycles. The van der Waals surface area contributed by atoms with Gasteiger partial charge >= 0.3 is 12.1 Å². The second-order valence-corrected chi connectivity index (χ2v) is 9.76. The smallest absolute Gasteiger partial charge is 0.410 e. The standard InChI is InChI=1S/C24H31N3O5/c1-5-31-21(29)17-7-6-16-12-19-20(28)25-14-24(15-27(19)18(16)13-17)8-10-26(11-9-24)22(30)32-23(2,3)4/h6-7,12-13H,5,8-11,14-15H2,1-4H3,(H,25,28). The molecule has 2 aliphatic rings. The maximum absolute atomic E-state index is 12.8. The van der Waals surface area contributed by atoms with Crippen LogP contribution in [0.2, 0.25) is 0 Å². The summed E-state index contributed by atoms with van der Waals surface area (Å²) in [4.78, 5) is 39.3. The van der Waals surface area contributed by atoms with E-state index in [9.17, 15) is 14.4 Å². The van der Waals surface area contributed by atoms with Crippen molar-refractivity contribution in [1.29, 1.82) is 0 Å². The lowest BCUT2D eigenvalue weighted by atomic mass is 9.78. The number of fused-ring (bicyclic) bond motifs is 3. The fraction of sp³-hybridized carbons (Fsp3) is 0.542. The largest absolute Gasteiger partial charge is 0.462 e. The van der Waals surface area contributed by atoms with Gasteiger partial charge < -0.3 is 24.3 Å². The molecule has 3 heterocycles. The first kappa shape index (κ1) is 22.2. The summed E-state index contributed by atoms with van der Waals surface area (Å²) in [5.41, 5.74) is 1.20. The van der Waals surface area contributed by atoms with Crippen LogP contribution in [0.15, 0.2) is 24.3 Å². The molecule has 2 aromatic rings. The van der Waals surface area contributed by atoms with Crippen molar-refractivity contribution < 1.29 is 23.9 Å². The predicted molar refractivity (Wildman–Crippen MR) is 120 cm³/mol. The van der Waals surface area contributed by atoms with Crippen molar-refractivity contribution in [2.45, 2.75) is 52.7 Å². The van der Waals surface area contributed by atoms with Crippen LogP contribution in [0.3, 0.4) is 0 Å². The van der Waals surface area contributed by atoms with E-state index in [4.69, 9.17) is 9.47 Å². The van der Waals surface area contributed by atoms with Crippen molar-refractivity contribution in [3.05, 3.63) is 35.5 Å². The molecule has 8 nitrogen and oxygen atoms in total. The van der Waals surface area contributed by atoms with Crippen LogP contribution in [0.1, 0.15) is 61.4 Å². The summed E-state index contributed by atoms with van der Waals surface area (Å²) in [6.45, 7) is 10.0. The Kier molecular flexibility index (Phi) is 5.65. The Morgan fingerprint density at radius 1 is 1.16 bits per heavy atom. The molecule has 0 radical (unpaired) electrons. The molecule has 2 amide bonds. The first-order chi connectivity index (χ1) is 15.1.